The predicted molar refractivity (Wildman–Crippen MR) is 67.6 cm³/mol. The zero-order valence-corrected chi connectivity index (χ0v) is 10.0. The second-order valence-electron chi connectivity index (χ2n) is 3.95. The Morgan fingerprint density at radius 2 is 2.12 bits per heavy atom. The van der Waals surface area contributed by atoms with E-state index in [1.807, 2.05) is 30.0 Å². The van der Waals surface area contributed by atoms with E-state index in [1.54, 1.807) is 6.07 Å². The molecule has 1 fully saturated rings. The third-order valence-electron chi connectivity index (χ3n) is 2.72. The Morgan fingerprint density at radius 3 is 2.81 bits per heavy atom. The number of benzene rings is 1. The molecule has 1 amide bonds. The maximum Gasteiger partial charge on any atom is 0.248 e. The first-order valence-electron chi connectivity index (χ1n) is 5.44. The summed E-state index contributed by atoms with van der Waals surface area (Å²) in [5.74, 6) is 2.06. The van der Waals surface area contributed by atoms with Gasteiger partial charge in [0, 0.05) is 36.7 Å². The fraction of sp³-hybridized carbons (Fsp3) is 0.417. The third kappa shape index (κ3) is 3.00. The van der Waals surface area contributed by atoms with Gasteiger partial charge in [-0.1, -0.05) is 12.1 Å². The molecule has 0 spiro atoms. The van der Waals surface area contributed by atoms with Gasteiger partial charge >= 0.3 is 0 Å². The van der Waals surface area contributed by atoms with Crippen molar-refractivity contribution >= 4 is 17.7 Å². The number of nitrogens with zero attached hydrogens (tertiary/aromatic N) is 1. The number of hydrogen-bond donors (Lipinski definition) is 1. The van der Waals surface area contributed by atoms with Crippen LogP contribution in [0.1, 0.15) is 15.9 Å². The minimum absolute atomic E-state index is 0.351. The quantitative estimate of drug-likeness (QED) is 0.861. The molecule has 1 saturated heterocycles. The van der Waals surface area contributed by atoms with E-state index in [9.17, 15) is 4.79 Å². The summed E-state index contributed by atoms with van der Waals surface area (Å²) in [6.45, 7) is 3.18. The van der Waals surface area contributed by atoms with E-state index in [-0.39, 0.29) is 5.91 Å². The molecule has 1 aromatic carbocycles. The zero-order chi connectivity index (χ0) is 11.4. The van der Waals surface area contributed by atoms with E-state index < -0.39 is 0 Å². The molecule has 4 heteroatoms. The highest BCUT2D eigenvalue weighted by atomic mass is 32.2. The lowest BCUT2D eigenvalue weighted by molar-refractivity contribution is 0.1000. The lowest BCUT2D eigenvalue weighted by Crippen LogP contribution is -2.32. The summed E-state index contributed by atoms with van der Waals surface area (Å²) in [7, 11) is 0. The van der Waals surface area contributed by atoms with Crippen molar-refractivity contribution in [2.75, 3.05) is 24.6 Å². The molecule has 0 atom stereocenters. The number of thioether (sulfide) groups is 1. The highest BCUT2D eigenvalue weighted by Gasteiger charge is 2.11. The van der Waals surface area contributed by atoms with Gasteiger partial charge in [-0.05, 0) is 17.7 Å². The molecular formula is C12H16N2OS. The second-order valence-corrected chi connectivity index (χ2v) is 5.18. The van der Waals surface area contributed by atoms with Crippen LogP contribution in [0.5, 0.6) is 0 Å². The standard InChI is InChI=1S/C12H16N2OS/c13-12(15)11-3-1-2-10(8-11)9-14-4-6-16-7-5-14/h1-3,8H,4-7,9H2,(H2,13,15). The molecule has 86 valence electrons. The van der Waals surface area contributed by atoms with Crippen LogP contribution in [0, 0.1) is 0 Å². The Morgan fingerprint density at radius 1 is 1.38 bits per heavy atom. The van der Waals surface area contributed by atoms with Gasteiger partial charge in [0.05, 0.1) is 0 Å². The van der Waals surface area contributed by atoms with E-state index in [2.05, 4.69) is 4.90 Å². The van der Waals surface area contributed by atoms with Crippen LogP contribution >= 0.6 is 11.8 Å². The number of carbonyl (C=O) groups is 1. The van der Waals surface area contributed by atoms with Gasteiger partial charge in [0.2, 0.25) is 5.91 Å². The van der Waals surface area contributed by atoms with E-state index in [4.69, 9.17) is 5.73 Å². The monoisotopic (exact) mass is 236 g/mol. The zero-order valence-electron chi connectivity index (χ0n) is 9.19. The molecule has 0 aliphatic carbocycles. The topological polar surface area (TPSA) is 46.3 Å². The Hall–Kier alpha value is -1.00. The lowest BCUT2D eigenvalue weighted by Gasteiger charge is -2.26. The van der Waals surface area contributed by atoms with Gasteiger partial charge in [0.1, 0.15) is 0 Å². The minimum Gasteiger partial charge on any atom is -0.366 e. The van der Waals surface area contributed by atoms with Crippen LogP contribution in [0.3, 0.4) is 0 Å². The third-order valence-corrected chi connectivity index (χ3v) is 3.66. The predicted octanol–water partition coefficient (Wildman–Crippen LogP) is 1.33. The molecule has 0 bridgehead atoms. The molecule has 3 nitrogen and oxygen atoms in total. The van der Waals surface area contributed by atoms with Gasteiger partial charge < -0.3 is 5.73 Å². The molecule has 2 rings (SSSR count). The molecule has 0 unspecified atom stereocenters. The smallest absolute Gasteiger partial charge is 0.248 e. The minimum atomic E-state index is -0.351. The summed E-state index contributed by atoms with van der Waals surface area (Å²) in [5.41, 5.74) is 7.03. The van der Waals surface area contributed by atoms with Gasteiger partial charge in [-0.15, -0.1) is 0 Å². The van der Waals surface area contributed by atoms with E-state index >= 15 is 0 Å². The summed E-state index contributed by atoms with van der Waals surface area (Å²) < 4.78 is 0. The fourth-order valence-corrected chi connectivity index (χ4v) is 2.82. The van der Waals surface area contributed by atoms with Crippen LogP contribution < -0.4 is 5.73 Å². The first kappa shape index (κ1) is 11.5. The molecule has 0 saturated carbocycles. The van der Waals surface area contributed by atoms with Crippen molar-refractivity contribution in [3.05, 3.63) is 35.4 Å². The van der Waals surface area contributed by atoms with Crippen LogP contribution in [-0.4, -0.2) is 35.4 Å². The van der Waals surface area contributed by atoms with Crippen molar-refractivity contribution in [2.24, 2.45) is 5.73 Å². The fourth-order valence-electron chi connectivity index (χ4n) is 1.84. The van der Waals surface area contributed by atoms with Crippen molar-refractivity contribution in [1.29, 1.82) is 0 Å². The summed E-state index contributed by atoms with van der Waals surface area (Å²) in [4.78, 5) is 13.5. The van der Waals surface area contributed by atoms with Gasteiger partial charge in [-0.3, -0.25) is 9.69 Å². The molecular weight excluding hydrogens is 220 g/mol. The molecule has 0 aromatic heterocycles. The Balaban J connectivity index is 2.02. The number of primary amides is 1. The molecule has 1 aliphatic rings. The van der Waals surface area contributed by atoms with Crippen molar-refractivity contribution in [1.82, 2.24) is 4.90 Å². The average molecular weight is 236 g/mol. The molecule has 1 heterocycles. The van der Waals surface area contributed by atoms with Crippen LogP contribution in [-0.2, 0) is 6.54 Å². The summed E-state index contributed by atoms with van der Waals surface area (Å²) in [6.07, 6.45) is 0. The first-order valence-corrected chi connectivity index (χ1v) is 6.60. The molecule has 2 N–H and O–H groups in total. The van der Waals surface area contributed by atoms with E-state index in [0.717, 1.165) is 19.6 Å². The number of amides is 1. The van der Waals surface area contributed by atoms with E-state index in [1.165, 1.54) is 17.1 Å². The number of carbonyl (C=O) groups excluding carboxylic acids is 1. The van der Waals surface area contributed by atoms with Crippen molar-refractivity contribution in [3.8, 4) is 0 Å². The maximum absolute atomic E-state index is 11.1. The number of nitrogens with two attached hydrogens (primary N) is 1. The number of hydrogen-bond acceptors (Lipinski definition) is 3. The number of rotatable bonds is 3. The Kier molecular flexibility index (Phi) is 3.85. The normalized spacial score (nSPS) is 17.2. The summed E-state index contributed by atoms with van der Waals surface area (Å²) in [5, 5.41) is 0. The molecule has 1 aliphatic heterocycles. The van der Waals surface area contributed by atoms with Gasteiger partial charge in [-0.2, -0.15) is 11.8 Å². The highest BCUT2D eigenvalue weighted by Crippen LogP contribution is 2.13. The average Bonchev–Trinajstić information content (AvgIpc) is 2.30. The second kappa shape index (κ2) is 5.37. The lowest BCUT2D eigenvalue weighted by atomic mass is 10.1. The van der Waals surface area contributed by atoms with Gasteiger partial charge in [0.15, 0.2) is 0 Å². The van der Waals surface area contributed by atoms with Crippen LogP contribution in [0.4, 0.5) is 0 Å². The van der Waals surface area contributed by atoms with Crippen LogP contribution in [0.2, 0.25) is 0 Å². The van der Waals surface area contributed by atoms with Crippen LogP contribution in [0.25, 0.3) is 0 Å². The van der Waals surface area contributed by atoms with Gasteiger partial charge in [0.25, 0.3) is 0 Å². The van der Waals surface area contributed by atoms with Gasteiger partial charge in [-0.25, -0.2) is 0 Å². The SMILES string of the molecule is NC(=O)c1cccc(CN2CCSCC2)c1. The van der Waals surface area contributed by atoms with Crippen molar-refractivity contribution in [2.45, 2.75) is 6.54 Å². The Bertz CT molecular complexity index is 375. The molecule has 1 aromatic rings. The van der Waals surface area contributed by atoms with Crippen molar-refractivity contribution in [3.63, 3.8) is 0 Å². The summed E-state index contributed by atoms with van der Waals surface area (Å²) >= 11 is 2.00. The maximum atomic E-state index is 11.1. The van der Waals surface area contributed by atoms with E-state index in [0.29, 0.717) is 5.56 Å². The largest absolute Gasteiger partial charge is 0.366 e. The van der Waals surface area contributed by atoms with Crippen LogP contribution in [0.15, 0.2) is 24.3 Å². The highest BCUT2D eigenvalue weighted by molar-refractivity contribution is 7.99. The first-order chi connectivity index (χ1) is 7.75. The summed E-state index contributed by atoms with van der Waals surface area (Å²) in [6, 6.07) is 7.60. The Labute approximate surface area is 100.0 Å². The van der Waals surface area contributed by atoms with Crippen molar-refractivity contribution < 1.29 is 4.79 Å². The molecule has 16 heavy (non-hydrogen) atoms. The molecule has 0 radical (unpaired) electrons.